The van der Waals surface area contributed by atoms with Crippen molar-refractivity contribution in [1.29, 1.82) is 0 Å². The number of para-hydroxylation sites is 2. The van der Waals surface area contributed by atoms with E-state index in [0.717, 1.165) is 33.8 Å². The van der Waals surface area contributed by atoms with E-state index in [1.54, 1.807) is 19.3 Å². The Morgan fingerprint density at radius 2 is 1.72 bits per heavy atom. The van der Waals surface area contributed by atoms with Crippen LogP contribution in [-0.2, 0) is 11.3 Å². The molecule has 3 aromatic carbocycles. The third kappa shape index (κ3) is 4.95. The number of nitrogens with zero attached hydrogens (tertiary/aromatic N) is 2. The number of amides is 1. The first-order valence-corrected chi connectivity index (χ1v) is 10.4. The minimum Gasteiger partial charge on any atom is -0.496 e. The van der Waals surface area contributed by atoms with Gasteiger partial charge in [-0.05, 0) is 31.2 Å². The quantitative estimate of drug-likeness (QED) is 0.417. The zero-order valence-corrected chi connectivity index (χ0v) is 18.2. The van der Waals surface area contributed by atoms with Crippen LogP contribution >= 0.6 is 0 Å². The van der Waals surface area contributed by atoms with Gasteiger partial charge in [0.25, 0.3) is 0 Å². The fourth-order valence-corrected chi connectivity index (χ4v) is 3.41. The lowest BCUT2D eigenvalue weighted by atomic mass is 10.1. The van der Waals surface area contributed by atoms with E-state index in [0.29, 0.717) is 6.54 Å². The maximum atomic E-state index is 12.5. The number of rotatable bonds is 7. The summed E-state index contributed by atoms with van der Waals surface area (Å²) in [6, 6.07) is 25.8. The van der Waals surface area contributed by atoms with E-state index in [4.69, 9.17) is 9.84 Å². The maximum absolute atomic E-state index is 12.5. The minimum absolute atomic E-state index is 0.182. The van der Waals surface area contributed by atoms with Gasteiger partial charge < -0.3 is 10.1 Å². The number of benzene rings is 3. The number of carbonyl (C=O) groups is 1. The van der Waals surface area contributed by atoms with Crippen LogP contribution in [0.5, 0.6) is 5.75 Å². The lowest BCUT2D eigenvalue weighted by Crippen LogP contribution is -2.20. The highest BCUT2D eigenvalue weighted by Gasteiger charge is 2.11. The third-order valence-electron chi connectivity index (χ3n) is 5.15. The van der Waals surface area contributed by atoms with E-state index >= 15 is 0 Å². The average Bonchev–Trinajstić information content (AvgIpc) is 3.27. The highest BCUT2D eigenvalue weighted by Crippen LogP contribution is 2.25. The van der Waals surface area contributed by atoms with Crippen LogP contribution in [0.3, 0.4) is 0 Å². The van der Waals surface area contributed by atoms with Gasteiger partial charge in [0.05, 0.1) is 18.5 Å². The maximum Gasteiger partial charge on any atom is 0.244 e. The SMILES string of the molecule is COc1ccccc1CNC(=O)/C=C/c1cn(-c2ccccc2)nc1-c1ccc(C)cc1. The predicted molar refractivity (Wildman–Crippen MR) is 128 cm³/mol. The molecule has 1 heterocycles. The van der Waals surface area contributed by atoms with E-state index in [9.17, 15) is 4.79 Å². The molecule has 0 aliphatic heterocycles. The van der Waals surface area contributed by atoms with Gasteiger partial charge in [-0.2, -0.15) is 5.10 Å². The van der Waals surface area contributed by atoms with Crippen LogP contribution in [0.4, 0.5) is 0 Å². The Morgan fingerprint density at radius 1 is 1.00 bits per heavy atom. The predicted octanol–water partition coefficient (Wildman–Crippen LogP) is 5.19. The number of methoxy groups -OCH3 is 1. The highest BCUT2D eigenvalue weighted by atomic mass is 16.5. The topological polar surface area (TPSA) is 56.1 Å². The van der Waals surface area contributed by atoms with Crippen molar-refractivity contribution < 1.29 is 9.53 Å². The molecule has 160 valence electrons. The van der Waals surface area contributed by atoms with Gasteiger partial charge in [-0.3, -0.25) is 4.79 Å². The number of hydrogen-bond donors (Lipinski definition) is 1. The molecule has 0 bridgehead atoms. The van der Waals surface area contributed by atoms with Crippen molar-refractivity contribution >= 4 is 12.0 Å². The Morgan fingerprint density at radius 3 is 2.47 bits per heavy atom. The van der Waals surface area contributed by atoms with Crippen LogP contribution in [0.2, 0.25) is 0 Å². The summed E-state index contributed by atoms with van der Waals surface area (Å²) in [7, 11) is 1.62. The van der Waals surface area contributed by atoms with E-state index in [-0.39, 0.29) is 5.91 Å². The smallest absolute Gasteiger partial charge is 0.244 e. The Bertz CT molecular complexity index is 1230. The second kappa shape index (κ2) is 9.79. The lowest BCUT2D eigenvalue weighted by molar-refractivity contribution is -0.116. The molecule has 1 N–H and O–H groups in total. The number of hydrogen-bond acceptors (Lipinski definition) is 3. The second-order valence-electron chi connectivity index (χ2n) is 7.44. The molecule has 0 radical (unpaired) electrons. The Kier molecular flexibility index (Phi) is 6.46. The molecule has 0 aliphatic rings. The Labute approximate surface area is 188 Å². The van der Waals surface area contributed by atoms with Crippen molar-refractivity contribution in [3.63, 3.8) is 0 Å². The molecule has 32 heavy (non-hydrogen) atoms. The van der Waals surface area contributed by atoms with Crippen molar-refractivity contribution in [3.05, 3.63) is 108 Å². The molecular weight excluding hydrogens is 398 g/mol. The third-order valence-corrected chi connectivity index (χ3v) is 5.15. The van der Waals surface area contributed by atoms with Crippen molar-refractivity contribution in [2.24, 2.45) is 0 Å². The first kappa shape index (κ1) is 21.1. The van der Waals surface area contributed by atoms with Gasteiger partial charge in [0.1, 0.15) is 5.75 Å². The molecule has 0 unspecified atom stereocenters. The van der Waals surface area contributed by atoms with Crippen LogP contribution in [0, 0.1) is 6.92 Å². The van der Waals surface area contributed by atoms with Gasteiger partial charge in [0.2, 0.25) is 5.91 Å². The summed E-state index contributed by atoms with van der Waals surface area (Å²) in [6.45, 7) is 2.44. The molecule has 4 rings (SSSR count). The summed E-state index contributed by atoms with van der Waals surface area (Å²) in [4.78, 5) is 12.5. The largest absolute Gasteiger partial charge is 0.496 e. The summed E-state index contributed by atoms with van der Waals surface area (Å²) in [5, 5.41) is 7.71. The van der Waals surface area contributed by atoms with E-state index in [1.807, 2.05) is 77.6 Å². The Balaban J connectivity index is 1.57. The molecule has 0 saturated carbocycles. The summed E-state index contributed by atoms with van der Waals surface area (Å²) < 4.78 is 7.18. The first-order valence-electron chi connectivity index (χ1n) is 10.4. The Hall–Kier alpha value is -4.12. The van der Waals surface area contributed by atoms with Crippen molar-refractivity contribution in [1.82, 2.24) is 15.1 Å². The highest BCUT2D eigenvalue weighted by molar-refractivity contribution is 5.92. The number of aromatic nitrogens is 2. The number of aryl methyl sites for hydroxylation is 1. The fraction of sp³-hybridized carbons (Fsp3) is 0.111. The molecule has 0 fully saturated rings. The summed E-state index contributed by atoms with van der Waals surface area (Å²) in [6.07, 6.45) is 5.28. The van der Waals surface area contributed by atoms with Gasteiger partial charge in [-0.25, -0.2) is 4.68 Å². The summed E-state index contributed by atoms with van der Waals surface area (Å²) in [5.74, 6) is 0.570. The zero-order valence-electron chi connectivity index (χ0n) is 18.2. The fourth-order valence-electron chi connectivity index (χ4n) is 3.41. The molecule has 0 aliphatic carbocycles. The normalized spacial score (nSPS) is 10.9. The van der Waals surface area contributed by atoms with Crippen molar-refractivity contribution in [2.45, 2.75) is 13.5 Å². The van der Waals surface area contributed by atoms with E-state index in [1.165, 1.54) is 5.56 Å². The number of ether oxygens (including phenoxy) is 1. The molecule has 4 aromatic rings. The standard InChI is InChI=1S/C27H25N3O2/c1-20-12-14-21(15-13-20)27-23(19-30(29-27)24-9-4-3-5-10-24)16-17-26(31)28-18-22-8-6-7-11-25(22)32-2/h3-17,19H,18H2,1-2H3,(H,28,31)/b17-16+. The zero-order chi connectivity index (χ0) is 22.3. The molecule has 0 saturated heterocycles. The van der Waals surface area contributed by atoms with Gasteiger partial charge >= 0.3 is 0 Å². The van der Waals surface area contributed by atoms with Gasteiger partial charge in [0, 0.05) is 35.5 Å². The van der Waals surface area contributed by atoms with Crippen LogP contribution in [0.15, 0.2) is 91.1 Å². The van der Waals surface area contributed by atoms with E-state index in [2.05, 4.69) is 24.4 Å². The van der Waals surface area contributed by atoms with Crippen LogP contribution in [-0.4, -0.2) is 22.8 Å². The van der Waals surface area contributed by atoms with Crippen molar-refractivity contribution in [2.75, 3.05) is 7.11 Å². The molecule has 5 heteroatoms. The molecule has 0 spiro atoms. The van der Waals surface area contributed by atoms with Gasteiger partial charge in [-0.1, -0.05) is 66.2 Å². The number of carbonyl (C=O) groups excluding carboxylic acids is 1. The van der Waals surface area contributed by atoms with Crippen LogP contribution in [0.1, 0.15) is 16.7 Å². The van der Waals surface area contributed by atoms with Crippen LogP contribution in [0.25, 0.3) is 23.0 Å². The molecule has 5 nitrogen and oxygen atoms in total. The number of nitrogens with one attached hydrogen (secondary N) is 1. The second-order valence-corrected chi connectivity index (χ2v) is 7.44. The lowest BCUT2D eigenvalue weighted by Gasteiger charge is -2.08. The molecule has 1 aromatic heterocycles. The minimum atomic E-state index is -0.182. The molecule has 1 amide bonds. The first-order chi connectivity index (χ1) is 15.6. The molecular formula is C27H25N3O2. The monoisotopic (exact) mass is 423 g/mol. The van der Waals surface area contributed by atoms with Crippen LogP contribution < -0.4 is 10.1 Å². The average molecular weight is 424 g/mol. The van der Waals surface area contributed by atoms with Crippen molar-refractivity contribution in [3.8, 4) is 22.7 Å². The molecule has 0 atom stereocenters. The van der Waals surface area contributed by atoms with Gasteiger partial charge in [0.15, 0.2) is 0 Å². The summed E-state index contributed by atoms with van der Waals surface area (Å²) in [5.41, 5.74) is 5.76. The van der Waals surface area contributed by atoms with E-state index < -0.39 is 0 Å². The van der Waals surface area contributed by atoms with Gasteiger partial charge in [-0.15, -0.1) is 0 Å². The summed E-state index contributed by atoms with van der Waals surface area (Å²) >= 11 is 0.